The van der Waals surface area contributed by atoms with Crippen molar-refractivity contribution in [2.75, 3.05) is 13.2 Å². The molecule has 0 radical (unpaired) electrons. The first-order valence-electron chi connectivity index (χ1n) is 3.59. The molecule has 3 heteroatoms. The largest absolute Gasteiger partial charge is 0.350 e. The predicted octanol–water partition coefficient (Wildman–Crippen LogP) is 1.62. The van der Waals surface area contributed by atoms with Gasteiger partial charge in [-0.15, -0.1) is 11.6 Å². The molecule has 0 N–H and O–H groups in total. The van der Waals surface area contributed by atoms with E-state index in [0.717, 1.165) is 0 Å². The highest BCUT2D eigenvalue weighted by Crippen LogP contribution is 2.20. The highest BCUT2D eigenvalue weighted by molar-refractivity contribution is 6.20. The minimum Gasteiger partial charge on any atom is -0.350 e. The second kappa shape index (κ2) is 3.56. The van der Waals surface area contributed by atoms with Gasteiger partial charge in [-0.05, 0) is 6.92 Å². The van der Waals surface area contributed by atoms with E-state index in [1.54, 1.807) is 0 Å². The van der Waals surface area contributed by atoms with E-state index in [1.807, 2.05) is 13.8 Å². The quantitative estimate of drug-likeness (QED) is 0.578. The Morgan fingerprint density at radius 1 is 1.30 bits per heavy atom. The lowest BCUT2D eigenvalue weighted by molar-refractivity contribution is -0.0779. The van der Waals surface area contributed by atoms with Crippen molar-refractivity contribution < 1.29 is 9.47 Å². The Balaban J connectivity index is 2.32. The van der Waals surface area contributed by atoms with Gasteiger partial charge < -0.3 is 9.47 Å². The summed E-state index contributed by atoms with van der Waals surface area (Å²) >= 11 is 5.85. The van der Waals surface area contributed by atoms with Gasteiger partial charge in [0.05, 0.1) is 13.2 Å². The van der Waals surface area contributed by atoms with Crippen LogP contribution in [0.25, 0.3) is 0 Å². The first-order valence-corrected chi connectivity index (χ1v) is 4.02. The van der Waals surface area contributed by atoms with Crippen LogP contribution in [0, 0.1) is 5.92 Å². The van der Waals surface area contributed by atoms with E-state index >= 15 is 0 Å². The van der Waals surface area contributed by atoms with Crippen LogP contribution in [-0.2, 0) is 9.47 Å². The van der Waals surface area contributed by atoms with Gasteiger partial charge in [0, 0.05) is 11.3 Å². The molecule has 0 spiro atoms. The molecular formula is C7H13ClO2. The van der Waals surface area contributed by atoms with Gasteiger partial charge >= 0.3 is 0 Å². The van der Waals surface area contributed by atoms with Crippen LogP contribution in [0.4, 0.5) is 0 Å². The number of rotatable bonds is 2. The second-order valence-electron chi connectivity index (χ2n) is 2.65. The summed E-state index contributed by atoms with van der Waals surface area (Å²) in [5, 5.41) is 0.114. The third-order valence-corrected chi connectivity index (χ3v) is 2.20. The molecule has 1 heterocycles. The van der Waals surface area contributed by atoms with Crippen molar-refractivity contribution in [2.24, 2.45) is 5.92 Å². The molecule has 10 heavy (non-hydrogen) atoms. The lowest BCUT2D eigenvalue weighted by Gasteiger charge is -2.19. The number of ether oxygens (including phenoxy) is 2. The summed E-state index contributed by atoms with van der Waals surface area (Å²) in [6.45, 7) is 5.40. The SMILES string of the molecule is CC(Cl)C(C)C1OCCO1. The summed E-state index contributed by atoms with van der Waals surface area (Å²) in [5.74, 6) is 0.282. The normalized spacial score (nSPS) is 26.7. The van der Waals surface area contributed by atoms with Crippen molar-refractivity contribution in [1.82, 2.24) is 0 Å². The van der Waals surface area contributed by atoms with Crippen LogP contribution in [0.2, 0.25) is 0 Å². The summed E-state index contributed by atoms with van der Waals surface area (Å²) in [4.78, 5) is 0. The summed E-state index contributed by atoms with van der Waals surface area (Å²) < 4.78 is 10.5. The van der Waals surface area contributed by atoms with E-state index in [-0.39, 0.29) is 17.6 Å². The van der Waals surface area contributed by atoms with Crippen molar-refractivity contribution in [3.8, 4) is 0 Å². The van der Waals surface area contributed by atoms with Gasteiger partial charge in [0.2, 0.25) is 0 Å². The van der Waals surface area contributed by atoms with E-state index < -0.39 is 0 Å². The van der Waals surface area contributed by atoms with Crippen molar-refractivity contribution in [1.29, 1.82) is 0 Å². The molecular weight excluding hydrogens is 152 g/mol. The van der Waals surface area contributed by atoms with Gasteiger partial charge in [0.15, 0.2) is 6.29 Å². The highest BCUT2D eigenvalue weighted by atomic mass is 35.5. The van der Waals surface area contributed by atoms with Crippen LogP contribution < -0.4 is 0 Å². The maximum absolute atomic E-state index is 5.85. The van der Waals surface area contributed by atoms with Crippen LogP contribution >= 0.6 is 11.6 Å². The molecule has 0 saturated carbocycles. The Hall–Kier alpha value is 0.210. The van der Waals surface area contributed by atoms with E-state index in [0.29, 0.717) is 13.2 Å². The monoisotopic (exact) mass is 164 g/mol. The van der Waals surface area contributed by atoms with E-state index in [4.69, 9.17) is 21.1 Å². The lowest BCUT2D eigenvalue weighted by Crippen LogP contribution is -2.24. The van der Waals surface area contributed by atoms with Gasteiger partial charge in [-0.1, -0.05) is 6.92 Å². The minimum atomic E-state index is -0.0764. The summed E-state index contributed by atoms with van der Waals surface area (Å²) in [7, 11) is 0. The number of hydrogen-bond acceptors (Lipinski definition) is 2. The van der Waals surface area contributed by atoms with Crippen LogP contribution in [0.1, 0.15) is 13.8 Å². The molecule has 1 fully saturated rings. The number of hydrogen-bond donors (Lipinski definition) is 0. The Kier molecular flexibility index (Phi) is 2.96. The molecule has 1 rings (SSSR count). The van der Waals surface area contributed by atoms with E-state index in [9.17, 15) is 0 Å². The molecule has 0 aliphatic carbocycles. The van der Waals surface area contributed by atoms with Crippen molar-refractivity contribution in [3.63, 3.8) is 0 Å². The average molecular weight is 165 g/mol. The fourth-order valence-electron chi connectivity index (χ4n) is 0.897. The molecule has 1 aliphatic rings. The average Bonchev–Trinajstić information content (AvgIpc) is 2.36. The first kappa shape index (κ1) is 8.31. The topological polar surface area (TPSA) is 18.5 Å². The molecule has 0 aromatic carbocycles. The van der Waals surface area contributed by atoms with Gasteiger partial charge in [0.25, 0.3) is 0 Å². The van der Waals surface area contributed by atoms with Gasteiger partial charge in [-0.2, -0.15) is 0 Å². The zero-order chi connectivity index (χ0) is 7.56. The standard InChI is InChI=1S/C7H13ClO2/c1-5(6(2)8)7-9-3-4-10-7/h5-7H,3-4H2,1-2H3. The van der Waals surface area contributed by atoms with Crippen LogP contribution in [-0.4, -0.2) is 24.9 Å². The van der Waals surface area contributed by atoms with E-state index in [1.165, 1.54) is 0 Å². The lowest BCUT2D eigenvalue weighted by atomic mass is 10.1. The molecule has 1 aliphatic heterocycles. The highest BCUT2D eigenvalue weighted by Gasteiger charge is 2.26. The fourth-order valence-corrected chi connectivity index (χ4v) is 1.02. The Morgan fingerprint density at radius 3 is 2.20 bits per heavy atom. The second-order valence-corrected chi connectivity index (χ2v) is 3.34. The molecule has 1 saturated heterocycles. The van der Waals surface area contributed by atoms with Gasteiger partial charge in [-0.3, -0.25) is 0 Å². The first-order chi connectivity index (χ1) is 4.72. The molecule has 60 valence electrons. The third kappa shape index (κ3) is 1.84. The molecule has 2 atom stereocenters. The molecule has 0 bridgehead atoms. The number of alkyl halides is 1. The minimum absolute atomic E-state index is 0.0764. The van der Waals surface area contributed by atoms with Crippen LogP contribution in [0.15, 0.2) is 0 Å². The molecule has 0 amide bonds. The van der Waals surface area contributed by atoms with Crippen molar-refractivity contribution in [2.45, 2.75) is 25.5 Å². The fraction of sp³-hybridized carbons (Fsp3) is 1.00. The van der Waals surface area contributed by atoms with Gasteiger partial charge in [-0.25, -0.2) is 0 Å². The maximum atomic E-state index is 5.85. The zero-order valence-electron chi connectivity index (χ0n) is 6.34. The molecule has 0 aromatic heterocycles. The predicted molar refractivity (Wildman–Crippen MR) is 40.2 cm³/mol. The Morgan fingerprint density at radius 2 is 1.80 bits per heavy atom. The number of halogens is 1. The van der Waals surface area contributed by atoms with Crippen molar-refractivity contribution >= 4 is 11.6 Å². The van der Waals surface area contributed by atoms with Crippen LogP contribution in [0.5, 0.6) is 0 Å². The van der Waals surface area contributed by atoms with Crippen LogP contribution in [0.3, 0.4) is 0 Å². The molecule has 2 unspecified atom stereocenters. The third-order valence-electron chi connectivity index (χ3n) is 1.80. The maximum Gasteiger partial charge on any atom is 0.161 e. The summed E-state index contributed by atoms with van der Waals surface area (Å²) in [5.41, 5.74) is 0. The Labute approximate surface area is 66.5 Å². The Bertz CT molecular complexity index is 99.8. The molecule has 2 nitrogen and oxygen atoms in total. The summed E-state index contributed by atoms with van der Waals surface area (Å²) in [6, 6.07) is 0. The summed E-state index contributed by atoms with van der Waals surface area (Å²) in [6.07, 6.45) is -0.0764. The zero-order valence-corrected chi connectivity index (χ0v) is 7.10. The molecule has 0 aromatic rings. The van der Waals surface area contributed by atoms with Crippen molar-refractivity contribution in [3.05, 3.63) is 0 Å². The smallest absolute Gasteiger partial charge is 0.161 e. The van der Waals surface area contributed by atoms with E-state index in [2.05, 4.69) is 0 Å². The van der Waals surface area contributed by atoms with Gasteiger partial charge in [0.1, 0.15) is 0 Å².